The molecule has 2 aromatic carbocycles. The van der Waals surface area contributed by atoms with Crippen molar-refractivity contribution < 1.29 is 17.9 Å². The number of halogens is 3. The quantitative estimate of drug-likeness (QED) is 0.830. The summed E-state index contributed by atoms with van der Waals surface area (Å²) in [6.07, 6.45) is -3.40. The van der Waals surface area contributed by atoms with Crippen LogP contribution in [-0.4, -0.2) is 24.1 Å². The topological polar surface area (TPSA) is 12.5 Å². The van der Waals surface area contributed by atoms with Crippen molar-refractivity contribution in [1.29, 1.82) is 0 Å². The largest absolute Gasteiger partial charge is 0.489 e. The molecule has 2 aromatic rings. The van der Waals surface area contributed by atoms with E-state index in [4.69, 9.17) is 4.74 Å². The predicted molar refractivity (Wildman–Crippen MR) is 82.2 cm³/mol. The van der Waals surface area contributed by atoms with E-state index in [0.29, 0.717) is 5.75 Å². The summed E-state index contributed by atoms with van der Waals surface area (Å²) in [7, 11) is 0. The van der Waals surface area contributed by atoms with Gasteiger partial charge in [0.05, 0.1) is 5.56 Å². The van der Waals surface area contributed by atoms with Gasteiger partial charge in [-0.05, 0) is 36.2 Å². The maximum atomic E-state index is 12.5. The second-order valence-electron chi connectivity index (χ2n) is 5.77. The Hall–Kier alpha value is -2.01. The van der Waals surface area contributed by atoms with E-state index >= 15 is 0 Å². The Bertz CT molecular complexity index is 625. The Morgan fingerprint density at radius 1 is 1.00 bits per heavy atom. The average Bonchev–Trinajstić information content (AvgIpc) is 2.95. The fourth-order valence-corrected chi connectivity index (χ4v) is 2.79. The van der Waals surface area contributed by atoms with Gasteiger partial charge in [0, 0.05) is 19.6 Å². The molecule has 0 bridgehead atoms. The normalized spacial score (nSPS) is 19.0. The first-order valence-electron chi connectivity index (χ1n) is 7.61. The van der Waals surface area contributed by atoms with E-state index in [1.807, 2.05) is 18.2 Å². The highest BCUT2D eigenvalue weighted by molar-refractivity contribution is 5.29. The number of likely N-dealkylation sites (tertiary alicyclic amines) is 1. The molecule has 3 rings (SSSR count). The molecule has 1 heterocycles. The van der Waals surface area contributed by atoms with E-state index in [9.17, 15) is 13.2 Å². The van der Waals surface area contributed by atoms with Crippen LogP contribution in [0.25, 0.3) is 0 Å². The summed E-state index contributed by atoms with van der Waals surface area (Å²) in [6, 6.07) is 15.1. The molecule has 1 atom stereocenters. The Morgan fingerprint density at radius 3 is 2.35 bits per heavy atom. The van der Waals surface area contributed by atoms with Gasteiger partial charge in [-0.2, -0.15) is 13.2 Å². The van der Waals surface area contributed by atoms with Crippen molar-refractivity contribution in [1.82, 2.24) is 4.90 Å². The summed E-state index contributed by atoms with van der Waals surface area (Å²) < 4.78 is 43.4. The van der Waals surface area contributed by atoms with Crippen molar-refractivity contribution in [2.24, 2.45) is 0 Å². The highest BCUT2D eigenvalue weighted by Crippen LogP contribution is 2.30. The fourth-order valence-electron chi connectivity index (χ4n) is 2.79. The monoisotopic (exact) mass is 321 g/mol. The van der Waals surface area contributed by atoms with Gasteiger partial charge in [0.1, 0.15) is 11.9 Å². The van der Waals surface area contributed by atoms with Crippen LogP contribution in [0.4, 0.5) is 13.2 Å². The Kier molecular flexibility index (Phi) is 4.57. The van der Waals surface area contributed by atoms with E-state index < -0.39 is 11.7 Å². The van der Waals surface area contributed by atoms with Crippen molar-refractivity contribution in [2.45, 2.75) is 25.2 Å². The predicted octanol–water partition coefficient (Wildman–Crippen LogP) is 4.36. The lowest BCUT2D eigenvalue weighted by molar-refractivity contribution is -0.137. The lowest BCUT2D eigenvalue weighted by Gasteiger charge is -2.17. The minimum atomic E-state index is -4.31. The van der Waals surface area contributed by atoms with Crippen molar-refractivity contribution in [3.05, 3.63) is 65.7 Å². The zero-order valence-corrected chi connectivity index (χ0v) is 12.6. The minimum Gasteiger partial charge on any atom is -0.489 e. The summed E-state index contributed by atoms with van der Waals surface area (Å²) in [5.41, 5.74) is 0.602. The number of hydrogen-bond acceptors (Lipinski definition) is 2. The molecule has 122 valence electrons. The van der Waals surface area contributed by atoms with E-state index in [2.05, 4.69) is 17.0 Å². The van der Waals surface area contributed by atoms with Gasteiger partial charge < -0.3 is 4.74 Å². The van der Waals surface area contributed by atoms with Crippen LogP contribution in [-0.2, 0) is 12.7 Å². The summed E-state index contributed by atoms with van der Waals surface area (Å²) in [5, 5.41) is 0. The summed E-state index contributed by atoms with van der Waals surface area (Å²) in [6.45, 7) is 2.59. The summed E-state index contributed by atoms with van der Waals surface area (Å²) in [4.78, 5) is 2.30. The molecule has 1 aliphatic rings. The molecule has 1 fully saturated rings. The smallest absolute Gasteiger partial charge is 0.416 e. The van der Waals surface area contributed by atoms with Crippen LogP contribution in [0.1, 0.15) is 17.5 Å². The van der Waals surface area contributed by atoms with Crippen LogP contribution < -0.4 is 4.74 Å². The Labute approximate surface area is 133 Å². The van der Waals surface area contributed by atoms with Gasteiger partial charge in [-0.3, -0.25) is 4.90 Å². The van der Waals surface area contributed by atoms with Gasteiger partial charge in [-0.1, -0.05) is 30.3 Å². The number of hydrogen-bond donors (Lipinski definition) is 0. The van der Waals surface area contributed by atoms with Crippen LogP contribution in [0.5, 0.6) is 5.75 Å². The number of nitrogens with zero attached hydrogens (tertiary/aromatic N) is 1. The third-order valence-electron chi connectivity index (χ3n) is 3.96. The average molecular weight is 321 g/mol. The lowest BCUT2D eigenvalue weighted by atomic mass is 10.2. The van der Waals surface area contributed by atoms with Gasteiger partial charge >= 0.3 is 6.18 Å². The number of ether oxygens (including phenoxy) is 1. The fraction of sp³-hybridized carbons (Fsp3) is 0.333. The van der Waals surface area contributed by atoms with Gasteiger partial charge in [-0.25, -0.2) is 0 Å². The van der Waals surface area contributed by atoms with Crippen LogP contribution in [0, 0.1) is 0 Å². The molecule has 5 heteroatoms. The molecular weight excluding hydrogens is 303 g/mol. The standard InChI is InChI=1S/C18H18F3NO/c19-18(20,21)15-6-8-16(9-7-15)23-17-10-11-22(13-17)12-14-4-2-1-3-5-14/h1-9,17H,10-13H2. The SMILES string of the molecule is FC(F)(F)c1ccc(OC2CCN(Cc3ccccc3)C2)cc1. The molecule has 1 unspecified atom stereocenters. The first-order chi connectivity index (χ1) is 11.0. The summed E-state index contributed by atoms with van der Waals surface area (Å²) >= 11 is 0. The van der Waals surface area contributed by atoms with Crippen molar-refractivity contribution in [3.63, 3.8) is 0 Å². The number of rotatable bonds is 4. The highest BCUT2D eigenvalue weighted by Gasteiger charge is 2.30. The number of benzene rings is 2. The molecule has 1 saturated heterocycles. The molecule has 0 N–H and O–H groups in total. The molecule has 0 aliphatic carbocycles. The highest BCUT2D eigenvalue weighted by atomic mass is 19.4. The van der Waals surface area contributed by atoms with Crippen LogP contribution in [0.2, 0.25) is 0 Å². The van der Waals surface area contributed by atoms with Gasteiger partial charge in [0.2, 0.25) is 0 Å². The van der Waals surface area contributed by atoms with Gasteiger partial charge in [-0.15, -0.1) is 0 Å². The van der Waals surface area contributed by atoms with E-state index in [0.717, 1.165) is 38.2 Å². The van der Waals surface area contributed by atoms with Crippen molar-refractivity contribution in [3.8, 4) is 5.75 Å². The molecule has 2 nitrogen and oxygen atoms in total. The van der Waals surface area contributed by atoms with E-state index in [1.165, 1.54) is 17.7 Å². The molecular formula is C18H18F3NO. The first-order valence-corrected chi connectivity index (χ1v) is 7.61. The Balaban J connectivity index is 1.54. The molecule has 23 heavy (non-hydrogen) atoms. The third kappa shape index (κ3) is 4.26. The molecule has 0 spiro atoms. The van der Waals surface area contributed by atoms with Crippen LogP contribution >= 0.6 is 0 Å². The third-order valence-corrected chi connectivity index (χ3v) is 3.96. The van der Waals surface area contributed by atoms with Crippen molar-refractivity contribution >= 4 is 0 Å². The van der Waals surface area contributed by atoms with E-state index in [-0.39, 0.29) is 6.10 Å². The molecule has 1 aliphatic heterocycles. The molecule has 0 radical (unpaired) electrons. The maximum absolute atomic E-state index is 12.5. The number of alkyl halides is 3. The van der Waals surface area contributed by atoms with Crippen molar-refractivity contribution in [2.75, 3.05) is 13.1 Å². The zero-order chi connectivity index (χ0) is 16.3. The second kappa shape index (κ2) is 6.62. The molecule has 0 amide bonds. The second-order valence-corrected chi connectivity index (χ2v) is 5.77. The minimum absolute atomic E-state index is 0.0236. The summed E-state index contributed by atoms with van der Waals surface area (Å²) in [5.74, 6) is 0.490. The Morgan fingerprint density at radius 2 is 1.70 bits per heavy atom. The van der Waals surface area contributed by atoms with E-state index in [1.54, 1.807) is 0 Å². The van der Waals surface area contributed by atoms with Crippen LogP contribution in [0.3, 0.4) is 0 Å². The van der Waals surface area contributed by atoms with Gasteiger partial charge in [0.15, 0.2) is 0 Å². The lowest BCUT2D eigenvalue weighted by Crippen LogP contribution is -2.24. The molecule has 0 saturated carbocycles. The maximum Gasteiger partial charge on any atom is 0.416 e. The first kappa shape index (κ1) is 15.9. The van der Waals surface area contributed by atoms with Gasteiger partial charge in [0.25, 0.3) is 0 Å². The zero-order valence-electron chi connectivity index (χ0n) is 12.6. The van der Waals surface area contributed by atoms with Crippen LogP contribution in [0.15, 0.2) is 54.6 Å². The molecule has 0 aromatic heterocycles.